The summed E-state index contributed by atoms with van der Waals surface area (Å²) in [5.74, 6) is 0.873. The fourth-order valence-electron chi connectivity index (χ4n) is 3.78. The second kappa shape index (κ2) is 7.32. The van der Waals surface area contributed by atoms with Gasteiger partial charge in [0.05, 0.1) is 19.8 Å². The van der Waals surface area contributed by atoms with Crippen molar-refractivity contribution in [3.63, 3.8) is 0 Å². The van der Waals surface area contributed by atoms with Crippen LogP contribution in [-0.2, 0) is 4.79 Å². The first-order valence-electron chi connectivity index (χ1n) is 8.51. The van der Waals surface area contributed by atoms with Crippen LogP contribution in [0.3, 0.4) is 0 Å². The molecule has 126 valence electrons. The molecule has 1 amide bonds. The van der Waals surface area contributed by atoms with Crippen molar-refractivity contribution in [2.24, 2.45) is 0 Å². The number of rotatable bonds is 5. The molecule has 1 aliphatic carbocycles. The van der Waals surface area contributed by atoms with Crippen LogP contribution in [-0.4, -0.2) is 48.3 Å². The molecular formula is C18H26N2O3. The van der Waals surface area contributed by atoms with Crippen molar-refractivity contribution in [1.29, 1.82) is 0 Å². The number of β-amino-alcohol motifs (C(OH)–C–C–N with tert-alkyl or cyclic N) is 1. The number of nitrogens with one attached hydrogen (secondary N) is 1. The van der Waals surface area contributed by atoms with E-state index in [1.807, 2.05) is 24.3 Å². The van der Waals surface area contributed by atoms with Gasteiger partial charge in [0, 0.05) is 18.6 Å². The van der Waals surface area contributed by atoms with Crippen molar-refractivity contribution >= 4 is 5.91 Å². The number of nitrogens with zero attached hydrogens (tertiary/aromatic N) is 1. The molecule has 2 unspecified atom stereocenters. The lowest BCUT2D eigenvalue weighted by Crippen LogP contribution is -2.41. The average molecular weight is 318 g/mol. The number of benzene rings is 1. The Labute approximate surface area is 137 Å². The van der Waals surface area contributed by atoms with Gasteiger partial charge in [-0.25, -0.2) is 0 Å². The van der Waals surface area contributed by atoms with Gasteiger partial charge in [-0.3, -0.25) is 9.69 Å². The minimum absolute atomic E-state index is 0.0643. The van der Waals surface area contributed by atoms with Crippen molar-refractivity contribution in [3.05, 3.63) is 29.8 Å². The Balaban J connectivity index is 1.65. The number of aliphatic hydroxyl groups is 1. The van der Waals surface area contributed by atoms with E-state index in [9.17, 15) is 9.90 Å². The summed E-state index contributed by atoms with van der Waals surface area (Å²) >= 11 is 0. The van der Waals surface area contributed by atoms with E-state index in [1.165, 1.54) is 12.8 Å². The minimum Gasteiger partial charge on any atom is -0.497 e. The van der Waals surface area contributed by atoms with E-state index in [2.05, 4.69) is 10.2 Å². The summed E-state index contributed by atoms with van der Waals surface area (Å²) in [7, 11) is 1.65. The molecule has 1 saturated carbocycles. The van der Waals surface area contributed by atoms with Gasteiger partial charge in [0.1, 0.15) is 5.75 Å². The predicted octanol–water partition coefficient (Wildman–Crippen LogP) is 1.86. The molecule has 2 atom stereocenters. The average Bonchev–Trinajstić information content (AvgIpc) is 3.17. The van der Waals surface area contributed by atoms with Crippen LogP contribution in [0.15, 0.2) is 24.3 Å². The van der Waals surface area contributed by atoms with E-state index in [4.69, 9.17) is 4.74 Å². The van der Waals surface area contributed by atoms with Crippen LogP contribution in [0.25, 0.3) is 0 Å². The van der Waals surface area contributed by atoms with E-state index in [0.29, 0.717) is 25.6 Å². The maximum absolute atomic E-state index is 12.3. The number of ether oxygens (including phenoxy) is 1. The summed E-state index contributed by atoms with van der Waals surface area (Å²) in [4.78, 5) is 14.4. The first-order valence-corrected chi connectivity index (χ1v) is 8.51. The second-order valence-corrected chi connectivity index (χ2v) is 6.66. The topological polar surface area (TPSA) is 61.8 Å². The molecule has 2 N–H and O–H groups in total. The monoisotopic (exact) mass is 318 g/mol. The van der Waals surface area contributed by atoms with Crippen molar-refractivity contribution in [2.45, 2.75) is 50.3 Å². The highest BCUT2D eigenvalue weighted by molar-refractivity contribution is 5.78. The number of hydrogen-bond acceptors (Lipinski definition) is 4. The number of likely N-dealkylation sites (tertiary alicyclic amines) is 1. The molecule has 1 aromatic rings. The third-order valence-electron chi connectivity index (χ3n) is 4.93. The lowest BCUT2D eigenvalue weighted by Gasteiger charge is -2.25. The third kappa shape index (κ3) is 4.03. The van der Waals surface area contributed by atoms with Gasteiger partial charge >= 0.3 is 0 Å². The molecule has 0 aromatic heterocycles. The van der Waals surface area contributed by atoms with Crippen molar-refractivity contribution in [2.75, 3.05) is 20.2 Å². The summed E-state index contributed by atoms with van der Waals surface area (Å²) in [6, 6.07) is 8.29. The lowest BCUT2D eigenvalue weighted by molar-refractivity contribution is -0.123. The molecule has 0 spiro atoms. The summed E-state index contributed by atoms with van der Waals surface area (Å²) < 4.78 is 5.29. The van der Waals surface area contributed by atoms with E-state index >= 15 is 0 Å². The fraction of sp³-hybridized carbons (Fsp3) is 0.611. The van der Waals surface area contributed by atoms with E-state index < -0.39 is 0 Å². The highest BCUT2D eigenvalue weighted by atomic mass is 16.5. The number of aliphatic hydroxyl groups excluding tert-OH is 1. The van der Waals surface area contributed by atoms with Crippen LogP contribution in [0.1, 0.15) is 43.7 Å². The maximum atomic E-state index is 12.3. The quantitative estimate of drug-likeness (QED) is 0.870. The van der Waals surface area contributed by atoms with Gasteiger partial charge in [-0.15, -0.1) is 0 Å². The molecule has 2 fully saturated rings. The van der Waals surface area contributed by atoms with Crippen molar-refractivity contribution in [3.8, 4) is 5.75 Å². The van der Waals surface area contributed by atoms with Crippen LogP contribution in [0, 0.1) is 0 Å². The Morgan fingerprint density at radius 2 is 2.17 bits per heavy atom. The second-order valence-electron chi connectivity index (χ2n) is 6.66. The zero-order chi connectivity index (χ0) is 16.2. The molecule has 0 radical (unpaired) electrons. The van der Waals surface area contributed by atoms with Gasteiger partial charge in [-0.05, 0) is 37.0 Å². The largest absolute Gasteiger partial charge is 0.497 e. The molecule has 0 bridgehead atoms. The number of carbonyl (C=O) groups is 1. The van der Waals surface area contributed by atoms with Gasteiger partial charge in [-0.2, -0.15) is 0 Å². The van der Waals surface area contributed by atoms with Crippen LogP contribution in [0.2, 0.25) is 0 Å². The maximum Gasteiger partial charge on any atom is 0.234 e. The van der Waals surface area contributed by atoms with Gasteiger partial charge in [0.15, 0.2) is 0 Å². The molecule has 1 heterocycles. The SMILES string of the molecule is COc1cccc(C2CC(O)CN2CC(=O)NC2CCCC2)c1. The highest BCUT2D eigenvalue weighted by Gasteiger charge is 2.33. The first kappa shape index (κ1) is 16.3. The van der Waals surface area contributed by atoms with E-state index in [0.717, 1.165) is 24.2 Å². The Bertz CT molecular complexity index is 543. The normalized spacial score (nSPS) is 25.7. The Morgan fingerprint density at radius 1 is 1.39 bits per heavy atom. The lowest BCUT2D eigenvalue weighted by atomic mass is 10.0. The molecule has 5 heteroatoms. The van der Waals surface area contributed by atoms with Crippen molar-refractivity contribution in [1.82, 2.24) is 10.2 Å². The van der Waals surface area contributed by atoms with Gasteiger partial charge in [0.25, 0.3) is 0 Å². The van der Waals surface area contributed by atoms with E-state index in [1.54, 1.807) is 7.11 Å². The smallest absolute Gasteiger partial charge is 0.234 e. The van der Waals surface area contributed by atoms with Gasteiger partial charge < -0.3 is 15.2 Å². The molecule has 1 saturated heterocycles. The van der Waals surface area contributed by atoms with Crippen LogP contribution >= 0.6 is 0 Å². The summed E-state index contributed by atoms with van der Waals surface area (Å²) in [6.07, 6.45) is 4.87. The number of hydrogen-bond donors (Lipinski definition) is 2. The zero-order valence-electron chi connectivity index (χ0n) is 13.7. The third-order valence-corrected chi connectivity index (χ3v) is 4.93. The molecule has 23 heavy (non-hydrogen) atoms. The molecule has 3 rings (SSSR count). The summed E-state index contributed by atoms with van der Waals surface area (Å²) in [5, 5.41) is 13.2. The number of methoxy groups -OCH3 is 1. The Kier molecular flexibility index (Phi) is 5.18. The predicted molar refractivity (Wildman–Crippen MR) is 88.3 cm³/mol. The van der Waals surface area contributed by atoms with Crippen LogP contribution in [0.5, 0.6) is 5.75 Å². The fourth-order valence-corrected chi connectivity index (χ4v) is 3.78. The van der Waals surface area contributed by atoms with Gasteiger partial charge in [-0.1, -0.05) is 25.0 Å². The van der Waals surface area contributed by atoms with Crippen LogP contribution < -0.4 is 10.1 Å². The first-order chi connectivity index (χ1) is 11.2. The summed E-state index contributed by atoms with van der Waals surface area (Å²) in [5.41, 5.74) is 1.09. The standard InChI is InChI=1S/C18H26N2O3/c1-23-16-8-4-5-13(9-16)17-10-15(21)11-20(17)12-18(22)19-14-6-2-3-7-14/h4-5,8-9,14-15,17,21H,2-3,6-7,10-12H2,1H3,(H,19,22). The van der Waals surface area contributed by atoms with Gasteiger partial charge in [0.2, 0.25) is 5.91 Å². The molecular weight excluding hydrogens is 292 g/mol. The minimum atomic E-state index is -0.384. The molecule has 1 aromatic carbocycles. The van der Waals surface area contributed by atoms with Crippen LogP contribution in [0.4, 0.5) is 0 Å². The Hall–Kier alpha value is -1.59. The van der Waals surface area contributed by atoms with E-state index in [-0.39, 0.29) is 18.1 Å². The Morgan fingerprint density at radius 3 is 2.91 bits per heavy atom. The summed E-state index contributed by atoms with van der Waals surface area (Å²) in [6.45, 7) is 0.884. The number of amides is 1. The zero-order valence-corrected chi connectivity index (χ0v) is 13.7. The number of carbonyl (C=O) groups excluding carboxylic acids is 1. The molecule has 5 nitrogen and oxygen atoms in total. The molecule has 1 aliphatic heterocycles. The van der Waals surface area contributed by atoms with Crippen molar-refractivity contribution < 1.29 is 14.6 Å². The molecule has 2 aliphatic rings. The highest BCUT2D eigenvalue weighted by Crippen LogP contribution is 2.33.